The van der Waals surface area contributed by atoms with Crippen LogP contribution in [0.4, 0.5) is 0 Å². The van der Waals surface area contributed by atoms with E-state index in [1.165, 1.54) is 0 Å². The van der Waals surface area contributed by atoms with Crippen molar-refractivity contribution in [2.75, 3.05) is 19.8 Å². The lowest BCUT2D eigenvalue weighted by molar-refractivity contribution is 0.701. The molecule has 0 aromatic heterocycles. The normalized spacial score (nSPS) is 14.6. The van der Waals surface area contributed by atoms with E-state index in [1.54, 1.807) is 11.9 Å². The summed E-state index contributed by atoms with van der Waals surface area (Å²) in [6.07, 6.45) is 0. The second-order valence-electron chi connectivity index (χ2n) is 1.89. The van der Waals surface area contributed by atoms with Crippen molar-refractivity contribution in [1.82, 2.24) is 4.31 Å². The Balaban J connectivity index is 2.93. The Morgan fingerprint density at radius 2 is 2.12 bits per heavy atom. The molecule has 0 spiro atoms. The molecule has 0 amide bonds. The highest BCUT2D eigenvalue weighted by molar-refractivity contribution is 7.97. The molecule has 0 aliphatic carbocycles. The molecule has 0 saturated carbocycles. The van der Waals surface area contributed by atoms with Crippen molar-refractivity contribution in [2.45, 2.75) is 12.3 Å². The first-order valence-electron chi connectivity index (χ1n) is 2.57. The van der Waals surface area contributed by atoms with E-state index in [4.69, 9.17) is 11.6 Å². The lowest BCUT2D eigenvalue weighted by Gasteiger charge is -2.08. The molecule has 0 rings (SSSR count). The highest BCUT2D eigenvalue weighted by Gasteiger charge is 1.95. The van der Waals surface area contributed by atoms with Gasteiger partial charge in [0.25, 0.3) is 0 Å². The molecule has 3 heteroatoms. The van der Waals surface area contributed by atoms with Gasteiger partial charge >= 0.3 is 0 Å². The Morgan fingerprint density at radius 1 is 1.62 bits per heavy atom. The zero-order valence-corrected chi connectivity index (χ0v) is 7.09. The first-order chi connectivity index (χ1) is 3.63. The fraction of sp³-hybridized carbons (Fsp3) is 1.00. The SMILES string of the molecule is CC(Cl)CSN(C)C. The molecule has 0 N–H and O–H groups in total. The van der Waals surface area contributed by atoms with Gasteiger partial charge in [-0.15, -0.1) is 11.6 Å². The summed E-state index contributed by atoms with van der Waals surface area (Å²) < 4.78 is 2.05. The van der Waals surface area contributed by atoms with Crippen molar-refractivity contribution in [3.8, 4) is 0 Å². The summed E-state index contributed by atoms with van der Waals surface area (Å²) in [7, 11) is 4.04. The van der Waals surface area contributed by atoms with E-state index in [9.17, 15) is 0 Å². The summed E-state index contributed by atoms with van der Waals surface area (Å²) in [6.45, 7) is 2.00. The average Bonchev–Trinajstić information content (AvgIpc) is 1.61. The summed E-state index contributed by atoms with van der Waals surface area (Å²) in [6, 6.07) is 0. The van der Waals surface area contributed by atoms with Crippen LogP contribution >= 0.6 is 23.5 Å². The van der Waals surface area contributed by atoms with Gasteiger partial charge in [0.05, 0.1) is 0 Å². The van der Waals surface area contributed by atoms with E-state index in [2.05, 4.69) is 4.31 Å². The Morgan fingerprint density at radius 3 is 2.25 bits per heavy atom. The van der Waals surface area contributed by atoms with E-state index in [1.807, 2.05) is 21.0 Å². The molecule has 50 valence electrons. The van der Waals surface area contributed by atoms with Crippen molar-refractivity contribution in [2.24, 2.45) is 0 Å². The maximum absolute atomic E-state index is 5.67. The maximum Gasteiger partial charge on any atom is 0.0411 e. The van der Waals surface area contributed by atoms with Gasteiger partial charge in [-0.3, -0.25) is 4.31 Å². The van der Waals surface area contributed by atoms with Crippen molar-refractivity contribution in [1.29, 1.82) is 0 Å². The Kier molecular flexibility index (Phi) is 4.81. The van der Waals surface area contributed by atoms with Crippen molar-refractivity contribution >= 4 is 23.5 Å². The van der Waals surface area contributed by atoms with E-state index < -0.39 is 0 Å². The topological polar surface area (TPSA) is 3.24 Å². The molecule has 0 heterocycles. The van der Waals surface area contributed by atoms with Gasteiger partial charge in [0, 0.05) is 11.1 Å². The van der Waals surface area contributed by atoms with E-state index in [0.717, 1.165) is 5.75 Å². The van der Waals surface area contributed by atoms with Crippen LogP contribution in [0, 0.1) is 0 Å². The number of hydrogen-bond acceptors (Lipinski definition) is 2. The van der Waals surface area contributed by atoms with Crippen molar-refractivity contribution in [3.63, 3.8) is 0 Å². The molecule has 0 aromatic carbocycles. The van der Waals surface area contributed by atoms with Crippen LogP contribution in [0.25, 0.3) is 0 Å². The molecule has 0 bridgehead atoms. The Labute approximate surface area is 60.5 Å². The number of nitrogens with zero attached hydrogens (tertiary/aromatic N) is 1. The monoisotopic (exact) mass is 153 g/mol. The van der Waals surface area contributed by atoms with E-state index in [0.29, 0.717) is 0 Å². The van der Waals surface area contributed by atoms with Gasteiger partial charge in [-0.25, -0.2) is 0 Å². The van der Waals surface area contributed by atoms with Crippen LogP contribution in [0.1, 0.15) is 6.92 Å². The molecule has 0 fully saturated rings. The van der Waals surface area contributed by atoms with Crippen LogP contribution in [0.2, 0.25) is 0 Å². The predicted octanol–water partition coefficient (Wildman–Crippen LogP) is 1.82. The van der Waals surface area contributed by atoms with Crippen LogP contribution in [0.15, 0.2) is 0 Å². The third-order valence-corrected chi connectivity index (χ3v) is 2.07. The van der Waals surface area contributed by atoms with Gasteiger partial charge in [-0.05, 0) is 21.0 Å². The van der Waals surface area contributed by atoms with Crippen LogP contribution in [-0.2, 0) is 0 Å². The molecular formula is C5H12ClNS. The zero-order chi connectivity index (χ0) is 6.57. The summed E-state index contributed by atoms with van der Waals surface area (Å²) in [5.74, 6) is 0.995. The predicted molar refractivity (Wildman–Crippen MR) is 41.5 cm³/mol. The quantitative estimate of drug-likeness (QED) is 0.450. The zero-order valence-electron chi connectivity index (χ0n) is 5.52. The minimum absolute atomic E-state index is 0.280. The van der Waals surface area contributed by atoms with Crippen LogP contribution in [-0.4, -0.2) is 29.5 Å². The molecule has 0 aromatic rings. The second kappa shape index (κ2) is 4.48. The van der Waals surface area contributed by atoms with Gasteiger partial charge in [-0.2, -0.15) is 0 Å². The lowest BCUT2D eigenvalue weighted by atomic mass is 10.6. The number of alkyl halides is 1. The average molecular weight is 154 g/mol. The van der Waals surface area contributed by atoms with E-state index >= 15 is 0 Å². The smallest absolute Gasteiger partial charge is 0.0411 e. The fourth-order valence-corrected chi connectivity index (χ4v) is 0.924. The van der Waals surface area contributed by atoms with E-state index in [-0.39, 0.29) is 5.38 Å². The number of hydrogen-bond donors (Lipinski definition) is 0. The maximum atomic E-state index is 5.67. The third kappa shape index (κ3) is 6.60. The number of rotatable bonds is 3. The van der Waals surface area contributed by atoms with Crippen LogP contribution in [0.3, 0.4) is 0 Å². The summed E-state index contributed by atoms with van der Waals surface area (Å²) in [5.41, 5.74) is 0. The first-order valence-corrected chi connectivity index (χ1v) is 3.95. The molecule has 0 saturated heterocycles. The Bertz CT molecular complexity index is 48.4. The first kappa shape index (κ1) is 8.60. The third-order valence-electron chi connectivity index (χ3n) is 0.562. The molecule has 0 radical (unpaired) electrons. The summed E-state index contributed by atoms with van der Waals surface area (Å²) in [5, 5.41) is 0.280. The van der Waals surface area contributed by atoms with Crippen molar-refractivity contribution in [3.05, 3.63) is 0 Å². The van der Waals surface area contributed by atoms with Crippen molar-refractivity contribution < 1.29 is 0 Å². The molecule has 1 nitrogen and oxygen atoms in total. The molecule has 1 unspecified atom stereocenters. The molecule has 0 aliphatic rings. The van der Waals surface area contributed by atoms with Gasteiger partial charge in [0.1, 0.15) is 0 Å². The second-order valence-corrected chi connectivity index (χ2v) is 3.96. The summed E-state index contributed by atoms with van der Waals surface area (Å²) in [4.78, 5) is 0. The summed E-state index contributed by atoms with van der Waals surface area (Å²) >= 11 is 7.42. The minimum atomic E-state index is 0.280. The number of halogens is 1. The minimum Gasteiger partial charge on any atom is -0.257 e. The molecule has 1 atom stereocenters. The largest absolute Gasteiger partial charge is 0.257 e. The Hall–Kier alpha value is 0.600. The molecule has 8 heavy (non-hydrogen) atoms. The molecule has 0 aliphatic heterocycles. The van der Waals surface area contributed by atoms with Gasteiger partial charge < -0.3 is 0 Å². The highest BCUT2D eigenvalue weighted by Crippen LogP contribution is 2.08. The van der Waals surface area contributed by atoms with Crippen LogP contribution < -0.4 is 0 Å². The van der Waals surface area contributed by atoms with Crippen LogP contribution in [0.5, 0.6) is 0 Å². The van der Waals surface area contributed by atoms with Gasteiger partial charge in [0.15, 0.2) is 0 Å². The fourth-order valence-electron chi connectivity index (χ4n) is 0.252. The van der Waals surface area contributed by atoms with Gasteiger partial charge in [-0.1, -0.05) is 11.9 Å². The standard InChI is InChI=1S/C5H12ClNS/c1-5(6)4-8-7(2)3/h5H,4H2,1-3H3. The molecular weight excluding hydrogens is 142 g/mol. The lowest BCUT2D eigenvalue weighted by Crippen LogP contribution is -2.05. The van der Waals surface area contributed by atoms with Gasteiger partial charge in [0.2, 0.25) is 0 Å². The highest BCUT2D eigenvalue weighted by atomic mass is 35.5.